The average molecular weight is 540 g/mol. The first-order valence-corrected chi connectivity index (χ1v) is 13.8. The zero-order chi connectivity index (χ0) is 27.6. The van der Waals surface area contributed by atoms with Crippen molar-refractivity contribution in [2.24, 2.45) is 0 Å². The van der Waals surface area contributed by atoms with Crippen molar-refractivity contribution >= 4 is 49.9 Å². The highest BCUT2D eigenvalue weighted by atomic mass is 15.3. The first-order chi connectivity index (χ1) is 20.8. The van der Waals surface area contributed by atoms with Crippen LogP contribution in [0, 0.1) is 0 Å². The zero-order valence-corrected chi connectivity index (χ0v) is 22.3. The normalized spacial score (nSPS) is 12.2. The molecule has 196 valence electrons. The number of pyridine rings is 1. The van der Waals surface area contributed by atoms with Crippen molar-refractivity contribution < 1.29 is 0 Å². The lowest BCUT2D eigenvalue weighted by atomic mass is 9.90. The minimum absolute atomic E-state index is 0.615. The van der Waals surface area contributed by atoms with E-state index < -0.39 is 0 Å². The Balaban J connectivity index is 1.43. The zero-order valence-electron chi connectivity index (χ0n) is 22.3. The van der Waals surface area contributed by atoms with Gasteiger partial charge in [0.2, 0.25) is 11.9 Å². The van der Waals surface area contributed by atoms with Gasteiger partial charge in [0.1, 0.15) is 0 Å². The first kappa shape index (κ1) is 22.8. The number of fused-ring (bicyclic) bond motifs is 5. The molecule has 0 fully saturated rings. The standard InChI is InChI=1S/C35H21N7/c1-2-14-36-28(10-1)23-12-13-29-25(19-23)27-20-26-24-9-3-7-22-8-4-11-30(33(22)24)42(35-39-17-6-18-40-35)31(26)21-32(27)41(29)34-37-15-5-16-38-34/h1-21H. The largest absolute Gasteiger partial charge is 0.278 e. The van der Waals surface area contributed by atoms with E-state index in [1.165, 1.54) is 16.3 Å². The molecule has 1 aliphatic heterocycles. The molecule has 0 aliphatic carbocycles. The van der Waals surface area contributed by atoms with Gasteiger partial charge in [-0.05, 0) is 65.5 Å². The van der Waals surface area contributed by atoms with Crippen LogP contribution in [0.2, 0.25) is 0 Å². The van der Waals surface area contributed by atoms with E-state index in [0.717, 1.165) is 50.0 Å². The van der Waals surface area contributed by atoms with Crippen LogP contribution >= 0.6 is 0 Å². The molecule has 0 atom stereocenters. The van der Waals surface area contributed by atoms with E-state index in [0.29, 0.717) is 11.9 Å². The Hall–Kier alpha value is -5.95. The Bertz CT molecular complexity index is 2290. The van der Waals surface area contributed by atoms with Crippen molar-refractivity contribution in [3.05, 3.63) is 128 Å². The molecule has 4 aromatic carbocycles. The van der Waals surface area contributed by atoms with Crippen LogP contribution in [0.1, 0.15) is 0 Å². The summed E-state index contributed by atoms with van der Waals surface area (Å²) in [5.41, 5.74) is 8.38. The average Bonchev–Trinajstić information content (AvgIpc) is 3.38. The number of benzene rings is 4. The summed E-state index contributed by atoms with van der Waals surface area (Å²) < 4.78 is 2.14. The second kappa shape index (κ2) is 8.78. The summed E-state index contributed by atoms with van der Waals surface area (Å²) >= 11 is 0. The molecule has 0 radical (unpaired) electrons. The molecule has 4 aromatic heterocycles. The van der Waals surface area contributed by atoms with Gasteiger partial charge in [-0.3, -0.25) is 14.5 Å². The molecule has 42 heavy (non-hydrogen) atoms. The van der Waals surface area contributed by atoms with Crippen LogP contribution in [0.15, 0.2) is 128 Å². The Morgan fingerprint density at radius 1 is 0.476 bits per heavy atom. The molecular formula is C35H21N7. The molecular weight excluding hydrogens is 518 g/mol. The molecule has 7 nitrogen and oxygen atoms in total. The van der Waals surface area contributed by atoms with Crippen molar-refractivity contribution in [2.75, 3.05) is 4.90 Å². The maximum atomic E-state index is 4.69. The molecule has 0 spiro atoms. The van der Waals surface area contributed by atoms with Gasteiger partial charge < -0.3 is 0 Å². The van der Waals surface area contributed by atoms with Crippen molar-refractivity contribution in [1.29, 1.82) is 0 Å². The highest BCUT2D eigenvalue weighted by Gasteiger charge is 2.29. The van der Waals surface area contributed by atoms with Crippen LogP contribution in [-0.4, -0.2) is 29.5 Å². The van der Waals surface area contributed by atoms with E-state index in [1.54, 1.807) is 24.8 Å². The SMILES string of the molecule is c1ccc(-c2ccc3c(c2)c2cc4c(cc2n3-c2ncccn2)N(c2ncccn2)c2cccc3cccc-4c23)nc1. The van der Waals surface area contributed by atoms with Gasteiger partial charge in [0, 0.05) is 58.3 Å². The number of hydrogen-bond donors (Lipinski definition) is 0. The van der Waals surface area contributed by atoms with Gasteiger partial charge in [-0.15, -0.1) is 0 Å². The number of rotatable bonds is 3. The topological polar surface area (TPSA) is 72.6 Å². The van der Waals surface area contributed by atoms with E-state index >= 15 is 0 Å². The van der Waals surface area contributed by atoms with Gasteiger partial charge in [0.05, 0.1) is 28.1 Å². The second-order valence-electron chi connectivity index (χ2n) is 10.3. The molecule has 5 heterocycles. The second-order valence-corrected chi connectivity index (χ2v) is 10.3. The number of anilines is 3. The van der Waals surface area contributed by atoms with Crippen molar-refractivity contribution in [2.45, 2.75) is 0 Å². The van der Waals surface area contributed by atoms with Gasteiger partial charge in [-0.1, -0.05) is 42.5 Å². The molecule has 8 aromatic rings. The first-order valence-electron chi connectivity index (χ1n) is 13.8. The molecule has 0 amide bonds. The fourth-order valence-electron chi connectivity index (χ4n) is 6.25. The minimum Gasteiger partial charge on any atom is -0.278 e. The molecule has 0 saturated heterocycles. The molecule has 0 unspecified atom stereocenters. The predicted molar refractivity (Wildman–Crippen MR) is 166 cm³/mol. The minimum atomic E-state index is 0.615. The lowest BCUT2D eigenvalue weighted by Gasteiger charge is -2.32. The summed E-state index contributed by atoms with van der Waals surface area (Å²) in [4.78, 5) is 25.5. The predicted octanol–water partition coefficient (Wildman–Crippen LogP) is 8.03. The number of aromatic nitrogens is 6. The van der Waals surface area contributed by atoms with E-state index in [4.69, 9.17) is 0 Å². The lowest BCUT2D eigenvalue weighted by Crippen LogP contribution is -2.17. The van der Waals surface area contributed by atoms with Crippen LogP contribution in [-0.2, 0) is 0 Å². The quantitative estimate of drug-likeness (QED) is 0.226. The van der Waals surface area contributed by atoms with Gasteiger partial charge in [0.25, 0.3) is 0 Å². The summed E-state index contributed by atoms with van der Waals surface area (Å²) in [6.45, 7) is 0. The Morgan fingerprint density at radius 2 is 1.21 bits per heavy atom. The van der Waals surface area contributed by atoms with E-state index in [1.807, 2.05) is 36.5 Å². The van der Waals surface area contributed by atoms with Crippen LogP contribution < -0.4 is 4.90 Å². The summed E-state index contributed by atoms with van der Waals surface area (Å²) in [6.07, 6.45) is 8.96. The summed E-state index contributed by atoms with van der Waals surface area (Å²) in [5.74, 6) is 1.24. The maximum absolute atomic E-state index is 4.69. The summed E-state index contributed by atoms with van der Waals surface area (Å²) in [7, 11) is 0. The third kappa shape index (κ3) is 3.25. The monoisotopic (exact) mass is 539 g/mol. The Labute approximate surface area is 240 Å². The van der Waals surface area contributed by atoms with Crippen molar-refractivity contribution in [3.8, 4) is 28.3 Å². The third-order valence-corrected chi connectivity index (χ3v) is 8.00. The Kier molecular flexibility index (Phi) is 4.77. The molecule has 1 aliphatic rings. The van der Waals surface area contributed by atoms with E-state index in [2.05, 4.69) is 101 Å². The van der Waals surface area contributed by atoms with Gasteiger partial charge in [-0.25, -0.2) is 19.9 Å². The smallest absolute Gasteiger partial charge is 0.234 e. The van der Waals surface area contributed by atoms with Crippen LogP contribution in [0.3, 0.4) is 0 Å². The van der Waals surface area contributed by atoms with Crippen LogP contribution in [0.4, 0.5) is 17.3 Å². The molecule has 7 heteroatoms. The molecule has 0 saturated carbocycles. The lowest BCUT2D eigenvalue weighted by molar-refractivity contribution is 0.988. The summed E-state index contributed by atoms with van der Waals surface area (Å²) in [6, 6.07) is 33.6. The Morgan fingerprint density at radius 3 is 2.00 bits per heavy atom. The highest BCUT2D eigenvalue weighted by Crippen LogP contribution is 2.52. The maximum Gasteiger partial charge on any atom is 0.234 e. The van der Waals surface area contributed by atoms with E-state index in [-0.39, 0.29) is 0 Å². The fourth-order valence-corrected chi connectivity index (χ4v) is 6.25. The van der Waals surface area contributed by atoms with E-state index in [9.17, 15) is 0 Å². The van der Waals surface area contributed by atoms with Gasteiger partial charge >= 0.3 is 0 Å². The van der Waals surface area contributed by atoms with Crippen molar-refractivity contribution in [3.63, 3.8) is 0 Å². The molecule has 9 rings (SSSR count). The number of hydrogen-bond acceptors (Lipinski definition) is 6. The number of nitrogens with zero attached hydrogens (tertiary/aromatic N) is 7. The summed E-state index contributed by atoms with van der Waals surface area (Å²) in [5, 5.41) is 4.58. The van der Waals surface area contributed by atoms with Gasteiger partial charge in [0.15, 0.2) is 0 Å². The molecule has 0 N–H and O–H groups in total. The van der Waals surface area contributed by atoms with Crippen LogP contribution in [0.5, 0.6) is 0 Å². The fraction of sp³-hybridized carbons (Fsp3) is 0. The molecule has 0 bridgehead atoms. The highest BCUT2D eigenvalue weighted by molar-refractivity contribution is 6.18. The van der Waals surface area contributed by atoms with Crippen LogP contribution in [0.25, 0.3) is 60.9 Å². The third-order valence-electron chi connectivity index (χ3n) is 8.00. The van der Waals surface area contributed by atoms with Gasteiger partial charge in [-0.2, -0.15) is 0 Å². The van der Waals surface area contributed by atoms with Crippen molar-refractivity contribution in [1.82, 2.24) is 29.5 Å².